The molecule has 0 aliphatic carbocycles. The summed E-state index contributed by atoms with van der Waals surface area (Å²) in [6.07, 6.45) is -2.32. The Balaban J connectivity index is 2.86. The maximum atomic E-state index is 12.1. The summed E-state index contributed by atoms with van der Waals surface area (Å²) in [5, 5.41) is 2.81. The van der Waals surface area contributed by atoms with Gasteiger partial charge in [-0.1, -0.05) is 0 Å². The van der Waals surface area contributed by atoms with Crippen molar-refractivity contribution in [3.8, 4) is 0 Å². The lowest BCUT2D eigenvalue weighted by Gasteiger charge is -2.18. The lowest BCUT2D eigenvalue weighted by Crippen LogP contribution is -2.26. The molecule has 0 bridgehead atoms. The molecule has 2 nitrogen and oxygen atoms in total. The summed E-state index contributed by atoms with van der Waals surface area (Å²) in [5.41, 5.74) is 3.98. The van der Waals surface area contributed by atoms with Gasteiger partial charge in [0.15, 0.2) is 0 Å². The lowest BCUT2D eigenvalue weighted by atomic mass is 10.0. The Kier molecular flexibility index (Phi) is 4.35. The van der Waals surface area contributed by atoms with Gasteiger partial charge in [0, 0.05) is 17.4 Å². The maximum absolute atomic E-state index is 12.1. The molecule has 0 aromatic carbocycles. The van der Waals surface area contributed by atoms with Crippen LogP contribution in [0.3, 0.4) is 0 Å². The third-order valence-electron chi connectivity index (χ3n) is 2.60. The topological polar surface area (TPSA) is 24.9 Å². The number of aryl methyl sites for hydroxylation is 3. The minimum absolute atomic E-state index is 0.0953. The molecule has 4 heteroatoms. The van der Waals surface area contributed by atoms with Crippen LogP contribution in [0, 0.1) is 20.8 Å². The van der Waals surface area contributed by atoms with E-state index in [9.17, 15) is 8.78 Å². The predicted octanol–water partition coefficient (Wildman–Crippen LogP) is 2.92. The van der Waals surface area contributed by atoms with E-state index in [1.54, 1.807) is 0 Å². The van der Waals surface area contributed by atoms with E-state index in [0.717, 1.165) is 22.5 Å². The molecule has 1 unspecified atom stereocenters. The summed E-state index contributed by atoms with van der Waals surface area (Å²) in [5.74, 6) is 0. The molecule has 0 fully saturated rings. The summed E-state index contributed by atoms with van der Waals surface area (Å²) in [4.78, 5) is 4.36. The van der Waals surface area contributed by atoms with E-state index < -0.39 is 6.43 Å². The molecule has 0 saturated heterocycles. The Morgan fingerprint density at radius 1 is 1.31 bits per heavy atom. The number of nitrogens with one attached hydrogen (secondary N) is 1. The average Bonchev–Trinajstić information content (AvgIpc) is 2.12. The molecule has 0 radical (unpaired) electrons. The van der Waals surface area contributed by atoms with Crippen molar-refractivity contribution in [3.05, 3.63) is 28.6 Å². The van der Waals surface area contributed by atoms with Gasteiger partial charge in [0.1, 0.15) is 0 Å². The van der Waals surface area contributed by atoms with E-state index in [2.05, 4.69) is 10.3 Å². The zero-order valence-electron chi connectivity index (χ0n) is 10.1. The first-order chi connectivity index (χ1) is 7.41. The largest absolute Gasteiger partial charge is 0.305 e. The fourth-order valence-electron chi connectivity index (χ4n) is 2.06. The number of pyridine rings is 1. The fraction of sp³-hybridized carbons (Fsp3) is 0.583. The Morgan fingerprint density at radius 3 is 2.44 bits per heavy atom. The molecule has 0 amide bonds. The van der Waals surface area contributed by atoms with Crippen LogP contribution in [-0.2, 0) is 0 Å². The lowest BCUT2D eigenvalue weighted by molar-refractivity contribution is 0.142. The van der Waals surface area contributed by atoms with Crippen molar-refractivity contribution in [2.24, 2.45) is 0 Å². The number of nitrogens with zero attached hydrogens (tertiary/aromatic N) is 1. The van der Waals surface area contributed by atoms with Crippen molar-refractivity contribution in [1.82, 2.24) is 10.3 Å². The Hall–Kier alpha value is -1.03. The fourth-order valence-corrected chi connectivity index (χ4v) is 2.06. The SMILES string of the molecule is Cc1cc(C)c(C(C)NCC(F)F)c(C)n1. The number of halogens is 2. The van der Waals surface area contributed by atoms with Crippen LogP contribution < -0.4 is 5.32 Å². The quantitative estimate of drug-likeness (QED) is 0.857. The predicted molar refractivity (Wildman–Crippen MR) is 60.9 cm³/mol. The Bertz CT molecular complexity index is 341. The second kappa shape index (κ2) is 5.34. The third kappa shape index (κ3) is 3.23. The monoisotopic (exact) mass is 228 g/mol. The molecular weight excluding hydrogens is 210 g/mol. The van der Waals surface area contributed by atoms with Crippen LogP contribution in [0.5, 0.6) is 0 Å². The van der Waals surface area contributed by atoms with Crippen molar-refractivity contribution in [3.63, 3.8) is 0 Å². The summed E-state index contributed by atoms with van der Waals surface area (Å²) >= 11 is 0. The van der Waals surface area contributed by atoms with E-state index in [1.165, 1.54) is 0 Å². The first kappa shape index (κ1) is 13.0. The van der Waals surface area contributed by atoms with Crippen LogP contribution in [-0.4, -0.2) is 18.0 Å². The average molecular weight is 228 g/mol. The molecule has 1 rings (SSSR count). The Labute approximate surface area is 95.1 Å². The molecule has 0 saturated carbocycles. The highest BCUT2D eigenvalue weighted by Gasteiger charge is 2.14. The van der Waals surface area contributed by atoms with E-state index in [1.807, 2.05) is 33.8 Å². The molecule has 1 heterocycles. The van der Waals surface area contributed by atoms with Crippen molar-refractivity contribution in [1.29, 1.82) is 0 Å². The van der Waals surface area contributed by atoms with Gasteiger partial charge in [-0.2, -0.15) is 0 Å². The van der Waals surface area contributed by atoms with Crippen molar-refractivity contribution in [2.75, 3.05) is 6.54 Å². The molecule has 1 aromatic heterocycles. The van der Waals surface area contributed by atoms with Gasteiger partial charge < -0.3 is 5.32 Å². The molecule has 0 aliphatic rings. The van der Waals surface area contributed by atoms with Crippen LogP contribution in [0.1, 0.15) is 35.5 Å². The number of rotatable bonds is 4. The second-order valence-corrected chi connectivity index (χ2v) is 4.10. The molecular formula is C12H18F2N2. The molecule has 0 aliphatic heterocycles. The smallest absolute Gasteiger partial charge is 0.250 e. The maximum Gasteiger partial charge on any atom is 0.250 e. The Morgan fingerprint density at radius 2 is 1.94 bits per heavy atom. The number of aromatic nitrogens is 1. The summed E-state index contributed by atoms with van der Waals surface area (Å²) in [6.45, 7) is 7.43. The number of alkyl halides is 2. The first-order valence-electron chi connectivity index (χ1n) is 5.38. The highest BCUT2D eigenvalue weighted by molar-refractivity contribution is 5.33. The summed E-state index contributed by atoms with van der Waals surface area (Å²) < 4.78 is 24.2. The molecule has 16 heavy (non-hydrogen) atoms. The van der Waals surface area contributed by atoms with E-state index in [0.29, 0.717) is 0 Å². The van der Waals surface area contributed by atoms with Gasteiger partial charge in [-0.15, -0.1) is 0 Å². The minimum Gasteiger partial charge on any atom is -0.305 e. The van der Waals surface area contributed by atoms with Gasteiger partial charge in [-0.3, -0.25) is 4.98 Å². The molecule has 1 aromatic rings. The zero-order chi connectivity index (χ0) is 12.3. The summed E-state index contributed by atoms with van der Waals surface area (Å²) in [7, 11) is 0. The van der Waals surface area contributed by atoms with E-state index in [4.69, 9.17) is 0 Å². The highest BCUT2D eigenvalue weighted by Crippen LogP contribution is 2.21. The minimum atomic E-state index is -2.32. The molecule has 90 valence electrons. The molecule has 1 N–H and O–H groups in total. The third-order valence-corrected chi connectivity index (χ3v) is 2.60. The standard InChI is InChI=1S/C12H18F2N2/c1-7-5-8(2)16-10(4)12(7)9(3)15-6-11(13)14/h5,9,11,15H,6H2,1-4H3. The van der Waals surface area contributed by atoms with Gasteiger partial charge in [-0.05, 0) is 44.9 Å². The molecule has 1 atom stereocenters. The van der Waals surface area contributed by atoms with Crippen molar-refractivity contribution in [2.45, 2.75) is 40.2 Å². The number of hydrogen-bond donors (Lipinski definition) is 1. The van der Waals surface area contributed by atoms with Crippen LogP contribution in [0.4, 0.5) is 8.78 Å². The van der Waals surface area contributed by atoms with Gasteiger partial charge in [-0.25, -0.2) is 8.78 Å². The van der Waals surface area contributed by atoms with Gasteiger partial charge in [0.25, 0.3) is 6.43 Å². The second-order valence-electron chi connectivity index (χ2n) is 4.10. The van der Waals surface area contributed by atoms with E-state index in [-0.39, 0.29) is 12.6 Å². The van der Waals surface area contributed by atoms with Crippen LogP contribution in [0.2, 0.25) is 0 Å². The van der Waals surface area contributed by atoms with Crippen LogP contribution in [0.15, 0.2) is 6.07 Å². The van der Waals surface area contributed by atoms with Gasteiger partial charge in [0.2, 0.25) is 0 Å². The van der Waals surface area contributed by atoms with Crippen LogP contribution in [0.25, 0.3) is 0 Å². The van der Waals surface area contributed by atoms with Gasteiger partial charge in [0.05, 0.1) is 6.54 Å². The van der Waals surface area contributed by atoms with Gasteiger partial charge >= 0.3 is 0 Å². The van der Waals surface area contributed by atoms with Crippen LogP contribution >= 0.6 is 0 Å². The number of hydrogen-bond acceptors (Lipinski definition) is 2. The van der Waals surface area contributed by atoms with Crippen molar-refractivity contribution < 1.29 is 8.78 Å². The summed E-state index contributed by atoms with van der Waals surface area (Å²) in [6, 6.07) is 1.88. The van der Waals surface area contributed by atoms with Crippen molar-refractivity contribution >= 4 is 0 Å². The highest BCUT2D eigenvalue weighted by atomic mass is 19.3. The van der Waals surface area contributed by atoms with E-state index >= 15 is 0 Å². The normalized spacial score (nSPS) is 13.2. The first-order valence-corrected chi connectivity index (χ1v) is 5.38. The zero-order valence-corrected chi connectivity index (χ0v) is 10.1. The molecule has 0 spiro atoms.